The van der Waals surface area contributed by atoms with E-state index in [0.717, 1.165) is 25.7 Å². The zero-order valence-corrected chi connectivity index (χ0v) is 13.8. The summed E-state index contributed by atoms with van der Waals surface area (Å²) < 4.78 is 24.8. The molecular formula is C17H23FN2O3. The first-order valence-corrected chi connectivity index (χ1v) is 8.06. The first-order valence-electron chi connectivity index (χ1n) is 8.06. The molecule has 2 aliphatic heterocycles. The van der Waals surface area contributed by atoms with Gasteiger partial charge in [-0.3, -0.25) is 4.90 Å². The van der Waals surface area contributed by atoms with Gasteiger partial charge >= 0.3 is 6.09 Å². The monoisotopic (exact) mass is 322 g/mol. The van der Waals surface area contributed by atoms with Gasteiger partial charge in [0.05, 0.1) is 5.54 Å². The Balaban J connectivity index is 1.74. The van der Waals surface area contributed by atoms with Crippen LogP contribution in [0.1, 0.15) is 46.5 Å². The van der Waals surface area contributed by atoms with E-state index in [9.17, 15) is 9.18 Å². The first kappa shape index (κ1) is 16.0. The number of hydrogen-bond donors (Lipinski definition) is 0. The highest BCUT2D eigenvalue weighted by Crippen LogP contribution is 2.47. The average molecular weight is 322 g/mol. The van der Waals surface area contributed by atoms with Crippen molar-refractivity contribution in [3.05, 3.63) is 24.1 Å². The summed E-state index contributed by atoms with van der Waals surface area (Å²) in [6, 6.07) is 3.04. The number of halogens is 1. The Kier molecular flexibility index (Phi) is 3.94. The second kappa shape index (κ2) is 5.65. The van der Waals surface area contributed by atoms with Crippen LogP contribution < -0.4 is 4.74 Å². The molecule has 2 aliphatic rings. The molecular weight excluding hydrogens is 299 g/mol. The maximum absolute atomic E-state index is 13.7. The molecule has 23 heavy (non-hydrogen) atoms. The van der Waals surface area contributed by atoms with Gasteiger partial charge in [-0.2, -0.15) is 0 Å². The molecule has 1 amide bonds. The van der Waals surface area contributed by atoms with Gasteiger partial charge in [0.2, 0.25) is 5.88 Å². The van der Waals surface area contributed by atoms with Crippen LogP contribution in [0.3, 0.4) is 0 Å². The standard InChI is InChI=1S/C17H23FN2O3/c1-16(2,3)23-15(21)20-12-6-8-17(20,9-7-12)11-22-14-13(18)5-4-10-19-14/h4-5,10,12H,6-9,11H2,1-3H3. The molecule has 2 bridgehead atoms. The molecule has 5 nitrogen and oxygen atoms in total. The van der Waals surface area contributed by atoms with Crippen molar-refractivity contribution in [1.82, 2.24) is 9.88 Å². The second-order valence-corrected chi connectivity index (χ2v) is 7.38. The molecule has 126 valence electrons. The molecule has 1 aromatic rings. The predicted octanol–water partition coefficient (Wildman–Crippen LogP) is 3.53. The fourth-order valence-electron chi connectivity index (χ4n) is 3.57. The molecule has 0 aromatic carbocycles. The SMILES string of the molecule is CC(C)(C)OC(=O)N1C2CCC1(COc1ncccc1F)CC2. The zero-order valence-electron chi connectivity index (χ0n) is 13.8. The van der Waals surface area contributed by atoms with Crippen molar-refractivity contribution < 1.29 is 18.7 Å². The van der Waals surface area contributed by atoms with Crippen molar-refractivity contribution in [2.75, 3.05) is 6.61 Å². The topological polar surface area (TPSA) is 51.7 Å². The minimum absolute atomic E-state index is 0.0126. The lowest BCUT2D eigenvalue weighted by molar-refractivity contribution is 0.000952. The summed E-state index contributed by atoms with van der Waals surface area (Å²) in [5.41, 5.74) is -0.939. The summed E-state index contributed by atoms with van der Waals surface area (Å²) in [7, 11) is 0. The van der Waals surface area contributed by atoms with E-state index in [1.807, 2.05) is 25.7 Å². The van der Waals surface area contributed by atoms with E-state index in [4.69, 9.17) is 9.47 Å². The third kappa shape index (κ3) is 3.12. The van der Waals surface area contributed by atoms with E-state index < -0.39 is 17.0 Å². The molecule has 0 radical (unpaired) electrons. The van der Waals surface area contributed by atoms with Gasteiger partial charge in [0.1, 0.15) is 12.2 Å². The Morgan fingerprint density at radius 3 is 2.74 bits per heavy atom. The smallest absolute Gasteiger partial charge is 0.411 e. The van der Waals surface area contributed by atoms with Crippen LogP contribution in [-0.2, 0) is 4.74 Å². The Hall–Kier alpha value is -1.85. The second-order valence-electron chi connectivity index (χ2n) is 7.38. The minimum atomic E-state index is -0.533. The van der Waals surface area contributed by atoms with Gasteiger partial charge in [-0.05, 0) is 58.6 Å². The maximum Gasteiger partial charge on any atom is 0.411 e. The van der Waals surface area contributed by atoms with Gasteiger partial charge in [-0.15, -0.1) is 0 Å². The van der Waals surface area contributed by atoms with E-state index in [1.54, 1.807) is 0 Å². The van der Waals surface area contributed by atoms with Crippen molar-refractivity contribution >= 4 is 6.09 Å². The van der Waals surface area contributed by atoms with Crippen LogP contribution in [0.15, 0.2) is 18.3 Å². The zero-order chi connectivity index (χ0) is 16.7. The fraction of sp³-hybridized carbons (Fsp3) is 0.647. The number of carbonyl (C=O) groups is 1. The number of pyridine rings is 1. The molecule has 0 atom stereocenters. The summed E-state index contributed by atoms with van der Waals surface area (Å²) in [6.07, 6.45) is 4.77. The average Bonchev–Trinajstić information content (AvgIpc) is 3.00. The summed E-state index contributed by atoms with van der Waals surface area (Å²) in [5.74, 6) is -0.498. The Bertz CT molecular complexity index is 592. The number of amides is 1. The molecule has 6 heteroatoms. The number of hydrogen-bond acceptors (Lipinski definition) is 4. The van der Waals surface area contributed by atoms with Crippen molar-refractivity contribution in [2.24, 2.45) is 0 Å². The highest BCUT2D eigenvalue weighted by molar-refractivity contribution is 5.71. The normalized spacial score (nSPS) is 26.4. The summed E-state index contributed by atoms with van der Waals surface area (Å²) in [4.78, 5) is 18.3. The minimum Gasteiger partial charge on any atom is -0.473 e. The van der Waals surface area contributed by atoms with Crippen LogP contribution in [0.4, 0.5) is 9.18 Å². The van der Waals surface area contributed by atoms with Gasteiger partial charge in [0, 0.05) is 12.2 Å². The van der Waals surface area contributed by atoms with Crippen LogP contribution in [-0.4, -0.2) is 39.8 Å². The third-order valence-electron chi connectivity index (χ3n) is 4.55. The number of carbonyl (C=O) groups excluding carboxylic acids is 1. The molecule has 0 saturated carbocycles. The largest absolute Gasteiger partial charge is 0.473 e. The van der Waals surface area contributed by atoms with Crippen molar-refractivity contribution in [3.8, 4) is 5.88 Å². The molecule has 3 heterocycles. The fourth-order valence-corrected chi connectivity index (χ4v) is 3.57. The quantitative estimate of drug-likeness (QED) is 0.854. The van der Waals surface area contributed by atoms with E-state index >= 15 is 0 Å². The lowest BCUT2D eigenvalue weighted by Gasteiger charge is -2.35. The molecule has 0 unspecified atom stereocenters. The first-order chi connectivity index (χ1) is 10.8. The van der Waals surface area contributed by atoms with Crippen molar-refractivity contribution in [2.45, 2.75) is 63.6 Å². The Morgan fingerprint density at radius 2 is 2.13 bits per heavy atom. The van der Waals surface area contributed by atoms with Crippen LogP contribution in [0.2, 0.25) is 0 Å². The van der Waals surface area contributed by atoms with Crippen molar-refractivity contribution in [3.63, 3.8) is 0 Å². The van der Waals surface area contributed by atoms with Gasteiger partial charge in [-0.1, -0.05) is 0 Å². The highest BCUT2D eigenvalue weighted by atomic mass is 19.1. The van der Waals surface area contributed by atoms with E-state index in [0.29, 0.717) is 0 Å². The van der Waals surface area contributed by atoms with Crippen LogP contribution in [0.25, 0.3) is 0 Å². The van der Waals surface area contributed by atoms with E-state index in [2.05, 4.69) is 4.98 Å². The summed E-state index contributed by atoms with van der Waals surface area (Å²) >= 11 is 0. The van der Waals surface area contributed by atoms with Gasteiger partial charge in [-0.25, -0.2) is 14.2 Å². The number of ether oxygens (including phenoxy) is 2. The summed E-state index contributed by atoms with van der Waals surface area (Å²) in [6.45, 7) is 5.82. The molecule has 0 spiro atoms. The van der Waals surface area contributed by atoms with Crippen LogP contribution in [0.5, 0.6) is 5.88 Å². The number of fused-ring (bicyclic) bond motifs is 2. The lowest BCUT2D eigenvalue weighted by Crippen LogP contribution is -2.50. The molecule has 1 aromatic heterocycles. The third-order valence-corrected chi connectivity index (χ3v) is 4.55. The lowest BCUT2D eigenvalue weighted by atomic mass is 9.88. The molecule has 3 rings (SSSR count). The molecule has 0 N–H and O–H groups in total. The number of nitrogens with zero attached hydrogens (tertiary/aromatic N) is 2. The molecule has 0 aliphatic carbocycles. The van der Waals surface area contributed by atoms with Gasteiger partial charge < -0.3 is 9.47 Å². The molecule has 2 saturated heterocycles. The number of aromatic nitrogens is 1. The Morgan fingerprint density at radius 1 is 1.43 bits per heavy atom. The maximum atomic E-state index is 13.7. The van der Waals surface area contributed by atoms with Crippen LogP contribution in [0, 0.1) is 5.82 Å². The van der Waals surface area contributed by atoms with Crippen LogP contribution >= 0.6 is 0 Å². The predicted molar refractivity (Wildman–Crippen MR) is 82.8 cm³/mol. The van der Waals surface area contributed by atoms with E-state index in [-0.39, 0.29) is 24.6 Å². The Labute approximate surface area is 135 Å². The van der Waals surface area contributed by atoms with E-state index in [1.165, 1.54) is 18.3 Å². The van der Waals surface area contributed by atoms with Gasteiger partial charge in [0.25, 0.3) is 0 Å². The molecule has 2 fully saturated rings. The van der Waals surface area contributed by atoms with Crippen molar-refractivity contribution in [1.29, 1.82) is 0 Å². The summed E-state index contributed by atoms with van der Waals surface area (Å²) in [5, 5.41) is 0. The number of rotatable bonds is 3. The highest BCUT2D eigenvalue weighted by Gasteiger charge is 2.55. The van der Waals surface area contributed by atoms with Gasteiger partial charge in [0.15, 0.2) is 5.82 Å².